The first kappa shape index (κ1) is 24.4. The van der Waals surface area contributed by atoms with Gasteiger partial charge >= 0.3 is 0 Å². The van der Waals surface area contributed by atoms with E-state index in [4.69, 9.17) is 24.2 Å². The van der Waals surface area contributed by atoms with Gasteiger partial charge in [-0.15, -0.1) is 0 Å². The molecule has 0 N–H and O–H groups in total. The van der Waals surface area contributed by atoms with Crippen molar-refractivity contribution in [2.45, 2.75) is 19.9 Å². The van der Waals surface area contributed by atoms with Gasteiger partial charge in [-0.2, -0.15) is 4.98 Å². The molecule has 0 unspecified atom stereocenters. The standard InChI is InChI=1S/C26H27N5O6/c1-17-7-8-18(15-21(17)31(33)34)25(32)30-10-9-20-19(16-30)24(37-23-6-4-3-5-22(23)35-2)28-26(27-20)29-11-13-36-14-12-29/h3-8,15H,9-14,16H2,1-2H3. The number of nitro benzene ring substituents is 1. The highest BCUT2D eigenvalue weighted by Gasteiger charge is 2.30. The molecule has 11 nitrogen and oxygen atoms in total. The van der Waals surface area contributed by atoms with Crippen LogP contribution < -0.4 is 14.4 Å². The Morgan fingerprint density at radius 1 is 1.08 bits per heavy atom. The Morgan fingerprint density at radius 2 is 1.84 bits per heavy atom. The Morgan fingerprint density at radius 3 is 2.57 bits per heavy atom. The summed E-state index contributed by atoms with van der Waals surface area (Å²) in [6.07, 6.45) is 0.497. The molecule has 0 radical (unpaired) electrons. The Bertz CT molecular complexity index is 1340. The molecule has 0 aliphatic carbocycles. The summed E-state index contributed by atoms with van der Waals surface area (Å²) in [5.41, 5.74) is 2.19. The van der Waals surface area contributed by atoms with E-state index in [1.165, 1.54) is 6.07 Å². The third-order valence-electron chi connectivity index (χ3n) is 6.52. The van der Waals surface area contributed by atoms with E-state index < -0.39 is 4.92 Å². The van der Waals surface area contributed by atoms with Crippen LogP contribution in [-0.4, -0.2) is 65.7 Å². The van der Waals surface area contributed by atoms with Crippen molar-refractivity contribution < 1.29 is 23.9 Å². The molecule has 3 aromatic rings. The van der Waals surface area contributed by atoms with Gasteiger partial charge in [0.15, 0.2) is 11.5 Å². The van der Waals surface area contributed by atoms with Gasteiger partial charge in [-0.3, -0.25) is 14.9 Å². The van der Waals surface area contributed by atoms with Crippen molar-refractivity contribution in [3.05, 3.63) is 75.0 Å². The Hall–Kier alpha value is -4.25. The largest absolute Gasteiger partial charge is 0.493 e. The summed E-state index contributed by atoms with van der Waals surface area (Å²) in [6, 6.07) is 11.8. The van der Waals surface area contributed by atoms with Crippen LogP contribution in [0.3, 0.4) is 0 Å². The summed E-state index contributed by atoms with van der Waals surface area (Å²) >= 11 is 0. The number of hydrogen-bond donors (Lipinski definition) is 0. The van der Waals surface area contributed by atoms with Gasteiger partial charge in [0.25, 0.3) is 11.6 Å². The van der Waals surface area contributed by atoms with Crippen LogP contribution in [-0.2, 0) is 17.7 Å². The lowest BCUT2D eigenvalue weighted by Crippen LogP contribution is -2.39. The van der Waals surface area contributed by atoms with Gasteiger partial charge in [0.1, 0.15) is 0 Å². The number of methoxy groups -OCH3 is 1. The molecule has 3 heterocycles. The van der Waals surface area contributed by atoms with Gasteiger partial charge in [-0.1, -0.05) is 18.2 Å². The summed E-state index contributed by atoms with van der Waals surface area (Å²) in [5, 5.41) is 11.4. The predicted molar refractivity (Wildman–Crippen MR) is 134 cm³/mol. The fourth-order valence-electron chi connectivity index (χ4n) is 4.46. The number of morpholine rings is 1. The van der Waals surface area contributed by atoms with E-state index in [9.17, 15) is 14.9 Å². The number of nitrogens with zero attached hydrogens (tertiary/aromatic N) is 5. The van der Waals surface area contributed by atoms with Crippen molar-refractivity contribution in [1.29, 1.82) is 0 Å². The Labute approximate surface area is 213 Å². The topological polar surface area (TPSA) is 120 Å². The molecule has 2 aromatic carbocycles. The summed E-state index contributed by atoms with van der Waals surface area (Å²) in [5.74, 6) is 1.66. The lowest BCUT2D eigenvalue weighted by Gasteiger charge is -2.32. The van der Waals surface area contributed by atoms with Crippen molar-refractivity contribution in [2.24, 2.45) is 0 Å². The number of fused-ring (bicyclic) bond motifs is 1. The van der Waals surface area contributed by atoms with Gasteiger partial charge in [-0.25, -0.2) is 4.98 Å². The Balaban J connectivity index is 1.49. The molecule has 2 aliphatic heterocycles. The van der Waals surface area contributed by atoms with Crippen LogP contribution in [0.15, 0.2) is 42.5 Å². The second-order valence-corrected chi connectivity index (χ2v) is 8.84. The number of rotatable bonds is 6. The monoisotopic (exact) mass is 505 g/mol. The van der Waals surface area contributed by atoms with E-state index in [0.717, 1.165) is 5.69 Å². The van der Waals surface area contributed by atoms with Crippen molar-refractivity contribution in [2.75, 3.05) is 44.9 Å². The molecule has 0 spiro atoms. The van der Waals surface area contributed by atoms with Crippen molar-refractivity contribution in [3.8, 4) is 17.4 Å². The van der Waals surface area contributed by atoms with Crippen LogP contribution in [0.4, 0.5) is 11.6 Å². The van der Waals surface area contributed by atoms with Crippen LogP contribution in [0.25, 0.3) is 0 Å². The van der Waals surface area contributed by atoms with Crippen LogP contribution in [0.1, 0.15) is 27.2 Å². The Kier molecular flexibility index (Phi) is 6.87. The third-order valence-corrected chi connectivity index (χ3v) is 6.52. The minimum atomic E-state index is -0.474. The van der Waals surface area contributed by atoms with Crippen LogP contribution in [0.5, 0.6) is 17.4 Å². The quantitative estimate of drug-likeness (QED) is 0.366. The van der Waals surface area contributed by atoms with Gasteiger partial charge in [0.05, 0.1) is 43.0 Å². The second-order valence-electron chi connectivity index (χ2n) is 8.84. The second kappa shape index (κ2) is 10.4. The average molecular weight is 506 g/mol. The molecule has 5 rings (SSSR count). The number of benzene rings is 2. The molecule has 0 bridgehead atoms. The first-order valence-corrected chi connectivity index (χ1v) is 12.0. The molecular weight excluding hydrogens is 478 g/mol. The third kappa shape index (κ3) is 5.03. The molecule has 192 valence electrons. The average Bonchev–Trinajstić information content (AvgIpc) is 2.93. The lowest BCUT2D eigenvalue weighted by molar-refractivity contribution is -0.385. The van der Waals surface area contributed by atoms with E-state index >= 15 is 0 Å². The molecule has 37 heavy (non-hydrogen) atoms. The van der Waals surface area contributed by atoms with Gasteiger partial charge in [-0.05, 0) is 25.1 Å². The van der Waals surface area contributed by atoms with E-state index in [1.807, 2.05) is 12.1 Å². The number of para-hydroxylation sites is 2. The highest BCUT2D eigenvalue weighted by Crippen LogP contribution is 2.36. The molecule has 0 saturated carbocycles. The number of ether oxygens (including phenoxy) is 3. The SMILES string of the molecule is COc1ccccc1Oc1nc(N2CCOCC2)nc2c1CN(C(=O)c1ccc(C)c([N+](=O)[O-])c1)CC2. The van der Waals surface area contributed by atoms with Crippen LogP contribution in [0, 0.1) is 17.0 Å². The van der Waals surface area contributed by atoms with Gasteiger partial charge in [0, 0.05) is 43.2 Å². The number of carbonyl (C=O) groups is 1. The molecule has 1 aromatic heterocycles. The predicted octanol–water partition coefficient (Wildman–Crippen LogP) is 3.53. The zero-order chi connectivity index (χ0) is 25.9. The maximum atomic E-state index is 13.4. The fourth-order valence-corrected chi connectivity index (χ4v) is 4.46. The summed E-state index contributed by atoms with van der Waals surface area (Å²) in [6.45, 7) is 4.80. The number of aryl methyl sites for hydroxylation is 1. The maximum absolute atomic E-state index is 13.4. The zero-order valence-electron chi connectivity index (χ0n) is 20.7. The molecule has 1 saturated heterocycles. The van der Waals surface area contributed by atoms with Gasteiger partial charge < -0.3 is 24.0 Å². The minimum Gasteiger partial charge on any atom is -0.493 e. The highest BCUT2D eigenvalue weighted by atomic mass is 16.6. The first-order valence-electron chi connectivity index (χ1n) is 12.0. The lowest BCUT2D eigenvalue weighted by atomic mass is 10.0. The minimum absolute atomic E-state index is 0.0815. The first-order chi connectivity index (χ1) is 17.9. The van der Waals surface area contributed by atoms with Crippen LogP contribution in [0.2, 0.25) is 0 Å². The van der Waals surface area contributed by atoms with E-state index in [2.05, 4.69) is 4.90 Å². The van der Waals surface area contributed by atoms with Crippen molar-refractivity contribution in [3.63, 3.8) is 0 Å². The van der Waals surface area contributed by atoms with E-state index in [1.54, 1.807) is 43.2 Å². The number of amides is 1. The van der Waals surface area contributed by atoms with Crippen LogP contribution >= 0.6 is 0 Å². The molecule has 11 heteroatoms. The maximum Gasteiger partial charge on any atom is 0.273 e. The summed E-state index contributed by atoms with van der Waals surface area (Å²) in [4.78, 5) is 37.5. The molecule has 0 atom stereocenters. The van der Waals surface area contributed by atoms with Gasteiger partial charge in [0.2, 0.25) is 11.8 Å². The number of carbonyl (C=O) groups excluding carboxylic acids is 1. The fraction of sp³-hybridized carbons (Fsp3) is 0.346. The van der Waals surface area contributed by atoms with Crippen molar-refractivity contribution >= 4 is 17.5 Å². The molecular formula is C26H27N5O6. The number of nitro groups is 1. The number of aromatic nitrogens is 2. The number of anilines is 1. The molecule has 2 aliphatic rings. The highest BCUT2D eigenvalue weighted by molar-refractivity contribution is 5.95. The summed E-state index contributed by atoms with van der Waals surface area (Å²) in [7, 11) is 1.57. The van der Waals surface area contributed by atoms with E-state index in [0.29, 0.717) is 73.7 Å². The smallest absolute Gasteiger partial charge is 0.273 e. The molecule has 1 fully saturated rings. The molecule has 1 amide bonds. The summed E-state index contributed by atoms with van der Waals surface area (Å²) < 4.78 is 17.2. The van der Waals surface area contributed by atoms with E-state index in [-0.39, 0.29) is 23.7 Å². The van der Waals surface area contributed by atoms with Crippen molar-refractivity contribution in [1.82, 2.24) is 14.9 Å². The normalized spacial score (nSPS) is 15.2. The number of hydrogen-bond acceptors (Lipinski definition) is 9. The zero-order valence-corrected chi connectivity index (χ0v) is 20.7.